The number of carbonyl (C=O) groups excluding carboxylic acids is 1. The van der Waals surface area contributed by atoms with Crippen molar-refractivity contribution in [3.63, 3.8) is 0 Å². The van der Waals surface area contributed by atoms with Crippen molar-refractivity contribution >= 4 is 5.91 Å². The molecule has 0 bridgehead atoms. The maximum Gasteiger partial charge on any atom is 0.222 e. The van der Waals surface area contributed by atoms with Crippen LogP contribution in [0.3, 0.4) is 0 Å². The molecule has 120 valence electrons. The standard InChI is InChI=1S/C16H28N2O3/c19-14(13-18-7-1-2-15(18)20)12-17-8-3-16(4-9-17)5-10-21-11-6-16/h14,19H,1-13H2. The van der Waals surface area contributed by atoms with Crippen LogP contribution in [0.1, 0.15) is 38.5 Å². The first-order valence-corrected chi connectivity index (χ1v) is 8.43. The summed E-state index contributed by atoms with van der Waals surface area (Å²) in [5.74, 6) is 0.203. The zero-order valence-electron chi connectivity index (χ0n) is 12.9. The van der Waals surface area contributed by atoms with Crippen LogP contribution in [-0.4, -0.2) is 72.9 Å². The Hall–Kier alpha value is -0.650. The number of aliphatic hydroxyl groups is 1. The molecule has 5 nitrogen and oxygen atoms in total. The molecule has 3 aliphatic rings. The first-order chi connectivity index (χ1) is 10.2. The average Bonchev–Trinajstić information content (AvgIpc) is 2.88. The van der Waals surface area contributed by atoms with Crippen molar-refractivity contribution in [2.45, 2.75) is 44.6 Å². The smallest absolute Gasteiger partial charge is 0.222 e. The molecule has 0 radical (unpaired) electrons. The minimum absolute atomic E-state index is 0.203. The van der Waals surface area contributed by atoms with Crippen molar-refractivity contribution in [2.75, 3.05) is 45.9 Å². The van der Waals surface area contributed by atoms with E-state index in [0.717, 1.165) is 39.3 Å². The zero-order valence-corrected chi connectivity index (χ0v) is 12.9. The second-order valence-corrected chi connectivity index (χ2v) is 7.01. The van der Waals surface area contributed by atoms with Gasteiger partial charge in [-0.05, 0) is 50.6 Å². The molecule has 0 aromatic carbocycles. The molecule has 5 heteroatoms. The van der Waals surface area contributed by atoms with Gasteiger partial charge in [0.05, 0.1) is 6.10 Å². The highest BCUT2D eigenvalue weighted by molar-refractivity contribution is 5.78. The first kappa shape index (κ1) is 15.3. The predicted octanol–water partition coefficient (Wildman–Crippen LogP) is 0.862. The fraction of sp³-hybridized carbons (Fsp3) is 0.938. The molecule has 3 aliphatic heterocycles. The highest BCUT2D eigenvalue weighted by atomic mass is 16.5. The van der Waals surface area contributed by atoms with Gasteiger partial charge in [0, 0.05) is 39.3 Å². The molecule has 21 heavy (non-hydrogen) atoms. The van der Waals surface area contributed by atoms with Gasteiger partial charge < -0.3 is 19.6 Å². The molecule has 3 saturated heterocycles. The third kappa shape index (κ3) is 3.76. The van der Waals surface area contributed by atoms with Crippen molar-refractivity contribution in [2.24, 2.45) is 5.41 Å². The van der Waals surface area contributed by atoms with Crippen LogP contribution in [0, 0.1) is 5.41 Å². The molecular formula is C16H28N2O3. The average molecular weight is 296 g/mol. The first-order valence-electron chi connectivity index (χ1n) is 8.43. The van der Waals surface area contributed by atoms with E-state index in [1.165, 1.54) is 25.7 Å². The second-order valence-electron chi connectivity index (χ2n) is 7.01. The monoisotopic (exact) mass is 296 g/mol. The topological polar surface area (TPSA) is 53.0 Å². The van der Waals surface area contributed by atoms with Crippen LogP contribution in [0.5, 0.6) is 0 Å². The van der Waals surface area contributed by atoms with E-state index in [1.54, 1.807) is 0 Å². The van der Waals surface area contributed by atoms with Gasteiger partial charge >= 0.3 is 0 Å². The molecule has 1 unspecified atom stereocenters. The van der Waals surface area contributed by atoms with Gasteiger partial charge in [-0.3, -0.25) is 4.79 Å². The van der Waals surface area contributed by atoms with Gasteiger partial charge in [0.25, 0.3) is 0 Å². The van der Waals surface area contributed by atoms with Crippen molar-refractivity contribution in [3.05, 3.63) is 0 Å². The van der Waals surface area contributed by atoms with E-state index in [2.05, 4.69) is 4.90 Å². The fourth-order valence-corrected chi connectivity index (χ4v) is 4.02. The normalized spacial score (nSPS) is 28.2. The molecule has 1 amide bonds. The van der Waals surface area contributed by atoms with Crippen LogP contribution in [0.2, 0.25) is 0 Å². The van der Waals surface area contributed by atoms with Crippen LogP contribution >= 0.6 is 0 Å². The van der Waals surface area contributed by atoms with Gasteiger partial charge in [-0.25, -0.2) is 0 Å². The molecule has 3 rings (SSSR count). The Morgan fingerprint density at radius 2 is 1.81 bits per heavy atom. The number of β-amino-alcohol motifs (C(OH)–C–C–N with tert-alkyl or cyclic N) is 1. The summed E-state index contributed by atoms with van der Waals surface area (Å²) >= 11 is 0. The van der Waals surface area contributed by atoms with E-state index in [1.807, 2.05) is 4.90 Å². The zero-order chi connectivity index (χ0) is 14.7. The highest BCUT2D eigenvalue weighted by Gasteiger charge is 2.36. The lowest BCUT2D eigenvalue weighted by molar-refractivity contribution is -0.129. The van der Waals surface area contributed by atoms with Crippen molar-refractivity contribution in [3.8, 4) is 0 Å². The molecular weight excluding hydrogens is 268 g/mol. The molecule has 0 saturated carbocycles. The summed E-state index contributed by atoms with van der Waals surface area (Å²) in [5, 5.41) is 10.2. The van der Waals surface area contributed by atoms with E-state index in [-0.39, 0.29) is 5.91 Å². The van der Waals surface area contributed by atoms with Crippen LogP contribution in [0.4, 0.5) is 0 Å². The van der Waals surface area contributed by atoms with E-state index < -0.39 is 6.10 Å². The summed E-state index contributed by atoms with van der Waals surface area (Å²) < 4.78 is 5.48. The number of aliphatic hydroxyl groups excluding tert-OH is 1. The molecule has 0 aromatic rings. The van der Waals surface area contributed by atoms with Crippen molar-refractivity contribution in [1.29, 1.82) is 0 Å². The Bertz CT molecular complexity index is 359. The summed E-state index contributed by atoms with van der Waals surface area (Å²) in [4.78, 5) is 15.8. The van der Waals surface area contributed by atoms with Crippen molar-refractivity contribution < 1.29 is 14.6 Å². The van der Waals surface area contributed by atoms with Crippen LogP contribution in [0.25, 0.3) is 0 Å². The quantitative estimate of drug-likeness (QED) is 0.836. The van der Waals surface area contributed by atoms with Crippen molar-refractivity contribution in [1.82, 2.24) is 9.80 Å². The van der Waals surface area contributed by atoms with Gasteiger partial charge in [0.1, 0.15) is 0 Å². The molecule has 1 atom stereocenters. The Balaban J connectivity index is 1.41. The molecule has 1 N–H and O–H groups in total. The summed E-state index contributed by atoms with van der Waals surface area (Å²) in [6.07, 6.45) is 6.05. The number of likely N-dealkylation sites (tertiary alicyclic amines) is 2. The van der Waals surface area contributed by atoms with Gasteiger partial charge in [-0.15, -0.1) is 0 Å². The molecule has 1 spiro atoms. The summed E-state index contributed by atoms with van der Waals surface area (Å²) in [6.45, 7) is 6.01. The number of ether oxygens (including phenoxy) is 1. The Morgan fingerprint density at radius 3 is 2.43 bits per heavy atom. The van der Waals surface area contributed by atoms with E-state index in [0.29, 0.717) is 24.9 Å². The lowest BCUT2D eigenvalue weighted by Crippen LogP contribution is -2.47. The number of nitrogens with zero attached hydrogens (tertiary/aromatic N) is 2. The minimum atomic E-state index is -0.407. The van der Waals surface area contributed by atoms with Crippen LogP contribution < -0.4 is 0 Å². The highest BCUT2D eigenvalue weighted by Crippen LogP contribution is 2.40. The Kier molecular flexibility index (Phi) is 4.82. The third-order valence-corrected chi connectivity index (χ3v) is 5.54. The fourth-order valence-electron chi connectivity index (χ4n) is 4.02. The molecule has 3 heterocycles. The van der Waals surface area contributed by atoms with Gasteiger partial charge in [-0.2, -0.15) is 0 Å². The lowest BCUT2D eigenvalue weighted by atomic mass is 9.72. The number of piperidine rings is 1. The van der Waals surface area contributed by atoms with E-state index >= 15 is 0 Å². The molecule has 0 aliphatic carbocycles. The van der Waals surface area contributed by atoms with Crippen LogP contribution in [0.15, 0.2) is 0 Å². The number of hydrogen-bond acceptors (Lipinski definition) is 4. The predicted molar refractivity (Wildman–Crippen MR) is 80.0 cm³/mol. The third-order valence-electron chi connectivity index (χ3n) is 5.54. The number of hydrogen-bond donors (Lipinski definition) is 1. The molecule has 3 fully saturated rings. The van der Waals surface area contributed by atoms with Gasteiger partial charge in [-0.1, -0.05) is 0 Å². The summed E-state index contributed by atoms with van der Waals surface area (Å²) in [7, 11) is 0. The molecule has 0 aromatic heterocycles. The van der Waals surface area contributed by atoms with E-state index in [4.69, 9.17) is 4.74 Å². The van der Waals surface area contributed by atoms with Gasteiger partial charge in [0.2, 0.25) is 5.91 Å². The maximum absolute atomic E-state index is 11.6. The number of carbonyl (C=O) groups is 1. The maximum atomic E-state index is 11.6. The summed E-state index contributed by atoms with van der Waals surface area (Å²) in [5.41, 5.74) is 0.505. The SMILES string of the molecule is O=C1CCCN1CC(O)CN1CCC2(CCOCC2)CC1. The Morgan fingerprint density at radius 1 is 1.10 bits per heavy atom. The second kappa shape index (κ2) is 6.63. The number of rotatable bonds is 4. The lowest BCUT2D eigenvalue weighted by Gasteiger charge is -2.44. The number of amides is 1. The van der Waals surface area contributed by atoms with E-state index in [9.17, 15) is 9.90 Å². The van der Waals surface area contributed by atoms with Crippen LogP contribution in [-0.2, 0) is 9.53 Å². The largest absolute Gasteiger partial charge is 0.390 e. The van der Waals surface area contributed by atoms with Gasteiger partial charge in [0.15, 0.2) is 0 Å². The Labute approximate surface area is 127 Å². The minimum Gasteiger partial charge on any atom is -0.390 e. The summed E-state index contributed by atoms with van der Waals surface area (Å²) in [6, 6.07) is 0.